The van der Waals surface area contributed by atoms with Gasteiger partial charge in [0.25, 0.3) is 10.0 Å². The van der Waals surface area contributed by atoms with Crippen LogP contribution < -0.4 is 18.9 Å². The molecular weight excluding hydrogens is 390 g/mol. The number of hydrogen-bond acceptors (Lipinski definition) is 5. The van der Waals surface area contributed by atoms with Gasteiger partial charge in [-0.15, -0.1) is 0 Å². The molecule has 3 aromatic carbocycles. The third-order valence-electron chi connectivity index (χ3n) is 4.43. The summed E-state index contributed by atoms with van der Waals surface area (Å²) in [7, 11) is 0.598. The second-order valence-electron chi connectivity index (χ2n) is 6.31. The van der Waals surface area contributed by atoms with Gasteiger partial charge in [0.05, 0.1) is 21.3 Å². The number of hydrogen-bond donors (Lipinski definition) is 1. The lowest BCUT2D eigenvalue weighted by atomic mass is 10.0. The molecular formula is C22H23NO5S. The molecule has 0 fully saturated rings. The van der Waals surface area contributed by atoms with E-state index in [1.54, 1.807) is 37.4 Å². The average molecular weight is 413 g/mol. The molecule has 1 N–H and O–H groups in total. The maximum Gasteiger partial charge on any atom is 0.265 e. The zero-order valence-electron chi connectivity index (χ0n) is 16.5. The third kappa shape index (κ3) is 4.81. The number of methoxy groups -OCH3 is 3. The summed E-state index contributed by atoms with van der Waals surface area (Å²) in [5.41, 5.74) is 2.40. The van der Waals surface area contributed by atoms with E-state index in [1.807, 2.05) is 30.3 Å². The lowest BCUT2D eigenvalue weighted by Gasteiger charge is -2.15. The number of sulfonamides is 1. The fourth-order valence-corrected chi connectivity index (χ4v) is 4.23. The van der Waals surface area contributed by atoms with Gasteiger partial charge in [0.15, 0.2) is 0 Å². The van der Waals surface area contributed by atoms with Gasteiger partial charge >= 0.3 is 0 Å². The molecule has 0 bridgehead atoms. The topological polar surface area (TPSA) is 73.9 Å². The number of benzene rings is 3. The van der Waals surface area contributed by atoms with E-state index in [0.29, 0.717) is 23.6 Å². The number of rotatable bonds is 8. The van der Waals surface area contributed by atoms with Gasteiger partial charge in [0.1, 0.15) is 22.1 Å². The molecule has 29 heavy (non-hydrogen) atoms. The van der Waals surface area contributed by atoms with Crippen molar-refractivity contribution in [1.29, 1.82) is 0 Å². The van der Waals surface area contributed by atoms with Crippen molar-refractivity contribution in [2.75, 3.05) is 26.1 Å². The van der Waals surface area contributed by atoms with Gasteiger partial charge in [-0.05, 0) is 35.9 Å². The fourth-order valence-electron chi connectivity index (χ4n) is 3.00. The number of anilines is 1. The van der Waals surface area contributed by atoms with Crippen molar-refractivity contribution < 1.29 is 22.6 Å². The monoisotopic (exact) mass is 413 g/mol. The Morgan fingerprint density at radius 1 is 0.793 bits per heavy atom. The summed E-state index contributed by atoms with van der Waals surface area (Å²) in [5, 5.41) is 0. The quantitative estimate of drug-likeness (QED) is 0.602. The molecule has 3 aromatic rings. The summed E-state index contributed by atoms with van der Waals surface area (Å²) < 4.78 is 44.4. The largest absolute Gasteiger partial charge is 0.497 e. The normalized spacial score (nSPS) is 11.0. The minimum atomic E-state index is -3.89. The maximum absolute atomic E-state index is 13.0. The Balaban J connectivity index is 1.94. The number of ether oxygens (including phenoxy) is 3. The van der Waals surface area contributed by atoms with Gasteiger partial charge in [-0.3, -0.25) is 4.72 Å². The van der Waals surface area contributed by atoms with Gasteiger partial charge in [-0.25, -0.2) is 8.42 Å². The first kappa shape index (κ1) is 20.5. The Morgan fingerprint density at radius 2 is 1.48 bits per heavy atom. The molecule has 0 atom stereocenters. The first-order valence-electron chi connectivity index (χ1n) is 8.92. The van der Waals surface area contributed by atoms with Gasteiger partial charge in [0, 0.05) is 23.7 Å². The molecule has 0 aliphatic carbocycles. The van der Waals surface area contributed by atoms with Crippen LogP contribution in [-0.2, 0) is 16.4 Å². The molecule has 0 saturated heterocycles. The van der Waals surface area contributed by atoms with Gasteiger partial charge < -0.3 is 14.2 Å². The summed E-state index contributed by atoms with van der Waals surface area (Å²) >= 11 is 0. The summed E-state index contributed by atoms with van der Waals surface area (Å²) in [6, 6.07) is 19.7. The summed E-state index contributed by atoms with van der Waals surface area (Å²) in [5.74, 6) is 1.35. The Kier molecular flexibility index (Phi) is 6.29. The Labute approximate surface area is 171 Å². The first-order valence-corrected chi connectivity index (χ1v) is 10.4. The Hall–Kier alpha value is -3.19. The molecule has 0 aliphatic rings. The Morgan fingerprint density at radius 3 is 2.14 bits per heavy atom. The molecule has 0 aliphatic heterocycles. The molecule has 3 rings (SSSR count). The van der Waals surface area contributed by atoms with Crippen LogP contribution in [0, 0.1) is 0 Å². The minimum Gasteiger partial charge on any atom is -0.497 e. The van der Waals surface area contributed by atoms with E-state index in [9.17, 15) is 8.42 Å². The van der Waals surface area contributed by atoms with E-state index in [4.69, 9.17) is 14.2 Å². The molecule has 0 unspecified atom stereocenters. The predicted octanol–water partition coefficient (Wildman–Crippen LogP) is 4.10. The average Bonchev–Trinajstić information content (AvgIpc) is 2.74. The van der Waals surface area contributed by atoms with Crippen molar-refractivity contribution in [1.82, 2.24) is 0 Å². The van der Waals surface area contributed by atoms with Crippen LogP contribution in [0.3, 0.4) is 0 Å². The lowest BCUT2D eigenvalue weighted by Crippen LogP contribution is -2.14. The van der Waals surface area contributed by atoms with Crippen LogP contribution in [0.5, 0.6) is 17.2 Å². The van der Waals surface area contributed by atoms with Crippen LogP contribution in [0.4, 0.5) is 5.69 Å². The second-order valence-corrected chi connectivity index (χ2v) is 7.96. The van der Waals surface area contributed by atoms with E-state index in [1.165, 1.54) is 20.3 Å². The van der Waals surface area contributed by atoms with E-state index >= 15 is 0 Å². The summed E-state index contributed by atoms with van der Waals surface area (Å²) in [6.07, 6.45) is 0.613. The molecule has 0 heterocycles. The van der Waals surface area contributed by atoms with Crippen molar-refractivity contribution in [3.05, 3.63) is 77.9 Å². The standard InChI is InChI=1S/C22H23NO5S/c1-26-19-10-12-21(28-3)22(15-19)29(24,25)23-18-9-11-20(27-2)17(14-18)13-16-7-5-4-6-8-16/h4-12,14-15,23H,13H2,1-3H3. The van der Waals surface area contributed by atoms with E-state index in [0.717, 1.165) is 11.1 Å². The highest BCUT2D eigenvalue weighted by Crippen LogP contribution is 2.31. The van der Waals surface area contributed by atoms with Crippen LogP contribution in [0.1, 0.15) is 11.1 Å². The van der Waals surface area contributed by atoms with Crippen LogP contribution in [-0.4, -0.2) is 29.7 Å². The molecule has 0 radical (unpaired) electrons. The predicted molar refractivity (Wildman–Crippen MR) is 113 cm³/mol. The van der Waals surface area contributed by atoms with Gasteiger partial charge in [-0.2, -0.15) is 0 Å². The van der Waals surface area contributed by atoms with E-state index < -0.39 is 10.0 Å². The highest BCUT2D eigenvalue weighted by atomic mass is 32.2. The van der Waals surface area contributed by atoms with E-state index in [-0.39, 0.29) is 10.6 Å². The smallest absolute Gasteiger partial charge is 0.265 e. The van der Waals surface area contributed by atoms with Gasteiger partial charge in [0.2, 0.25) is 0 Å². The minimum absolute atomic E-state index is 0.000206. The SMILES string of the molecule is COc1ccc(OC)c(S(=O)(=O)Nc2ccc(OC)c(Cc3ccccc3)c2)c1. The molecule has 0 amide bonds. The molecule has 7 heteroatoms. The number of nitrogens with one attached hydrogen (secondary N) is 1. The molecule has 152 valence electrons. The van der Waals surface area contributed by atoms with Crippen LogP contribution in [0.15, 0.2) is 71.6 Å². The first-order chi connectivity index (χ1) is 14.0. The van der Waals surface area contributed by atoms with E-state index in [2.05, 4.69) is 4.72 Å². The molecule has 0 aromatic heterocycles. The summed E-state index contributed by atoms with van der Waals surface area (Å²) in [4.78, 5) is -0.000206. The van der Waals surface area contributed by atoms with Crippen LogP contribution >= 0.6 is 0 Å². The highest BCUT2D eigenvalue weighted by Gasteiger charge is 2.21. The third-order valence-corrected chi connectivity index (χ3v) is 5.83. The molecule has 0 saturated carbocycles. The zero-order chi connectivity index (χ0) is 20.9. The second kappa shape index (κ2) is 8.87. The van der Waals surface area contributed by atoms with Gasteiger partial charge in [-0.1, -0.05) is 30.3 Å². The maximum atomic E-state index is 13.0. The fraction of sp³-hybridized carbons (Fsp3) is 0.182. The Bertz CT molecular complexity index is 1080. The van der Waals surface area contributed by atoms with Crippen LogP contribution in [0.25, 0.3) is 0 Å². The summed E-state index contributed by atoms with van der Waals surface area (Å²) in [6.45, 7) is 0. The van der Waals surface area contributed by atoms with Crippen molar-refractivity contribution >= 4 is 15.7 Å². The van der Waals surface area contributed by atoms with Crippen LogP contribution in [0.2, 0.25) is 0 Å². The van der Waals surface area contributed by atoms with Crippen molar-refractivity contribution in [2.45, 2.75) is 11.3 Å². The van der Waals surface area contributed by atoms with Crippen molar-refractivity contribution in [2.24, 2.45) is 0 Å². The zero-order valence-corrected chi connectivity index (χ0v) is 17.3. The molecule has 6 nitrogen and oxygen atoms in total. The molecule has 0 spiro atoms. The van der Waals surface area contributed by atoms with Crippen molar-refractivity contribution in [3.63, 3.8) is 0 Å². The lowest BCUT2D eigenvalue weighted by molar-refractivity contribution is 0.392. The van der Waals surface area contributed by atoms with Crippen molar-refractivity contribution in [3.8, 4) is 17.2 Å². The highest BCUT2D eigenvalue weighted by molar-refractivity contribution is 7.92.